The lowest BCUT2D eigenvalue weighted by Crippen LogP contribution is -2.51. The Labute approximate surface area is 179 Å². The second kappa shape index (κ2) is 6.54. The topological polar surface area (TPSA) is 61.2 Å². The number of nitrogens with zero attached hydrogens (tertiary/aromatic N) is 2. The highest BCUT2D eigenvalue weighted by Gasteiger charge is 2.59. The molecule has 0 N–H and O–H groups in total. The molecular formula is C25H34N2O3. The lowest BCUT2D eigenvalue weighted by atomic mass is 9.47. The quantitative estimate of drug-likeness (QED) is 0.495. The van der Waals surface area contributed by atoms with Gasteiger partial charge < -0.3 is 4.74 Å². The fourth-order valence-electron chi connectivity index (χ4n) is 7.95. The van der Waals surface area contributed by atoms with Crippen molar-refractivity contribution < 1.29 is 14.3 Å². The number of carbonyl (C=O) groups is 2. The first kappa shape index (κ1) is 20.0. The van der Waals surface area contributed by atoms with E-state index in [1.165, 1.54) is 36.6 Å². The van der Waals surface area contributed by atoms with E-state index in [2.05, 4.69) is 31.9 Å². The van der Waals surface area contributed by atoms with Gasteiger partial charge in [-0.1, -0.05) is 25.5 Å². The van der Waals surface area contributed by atoms with Gasteiger partial charge in [0.1, 0.15) is 6.10 Å². The SMILES string of the molecule is CC(=O)O[C@@H]1CC[C@@]2(C)C(=CC[C@H]3[C@@H]2CC[C@]2(C)c4c(C)nn(C(C)=O)c4C[C@@H]32)C1. The first-order valence-electron chi connectivity index (χ1n) is 11.6. The van der Waals surface area contributed by atoms with Crippen LogP contribution in [0.15, 0.2) is 11.6 Å². The van der Waals surface area contributed by atoms with Crippen LogP contribution in [0.5, 0.6) is 0 Å². The van der Waals surface area contributed by atoms with Crippen LogP contribution in [0.1, 0.15) is 88.0 Å². The van der Waals surface area contributed by atoms with Crippen LogP contribution in [0.4, 0.5) is 0 Å². The lowest BCUT2D eigenvalue weighted by molar-refractivity contribution is -0.148. The highest BCUT2D eigenvalue weighted by Crippen LogP contribution is 2.64. The average Bonchev–Trinajstić information content (AvgIpc) is 3.16. The molecule has 1 aromatic rings. The third-order valence-corrected chi connectivity index (χ3v) is 9.22. The minimum atomic E-state index is -0.162. The molecule has 0 aromatic carbocycles. The molecule has 1 heterocycles. The van der Waals surface area contributed by atoms with Crippen LogP contribution in [-0.4, -0.2) is 27.8 Å². The maximum atomic E-state index is 12.2. The molecule has 5 nitrogen and oxygen atoms in total. The van der Waals surface area contributed by atoms with Gasteiger partial charge in [0, 0.05) is 25.8 Å². The van der Waals surface area contributed by atoms with Crippen molar-refractivity contribution >= 4 is 11.9 Å². The van der Waals surface area contributed by atoms with E-state index in [0.717, 1.165) is 37.8 Å². The van der Waals surface area contributed by atoms with E-state index in [4.69, 9.17) is 4.74 Å². The summed E-state index contributed by atoms with van der Waals surface area (Å²) < 4.78 is 7.25. The normalized spacial score (nSPS) is 39.3. The van der Waals surface area contributed by atoms with Crippen LogP contribution in [-0.2, 0) is 21.4 Å². The van der Waals surface area contributed by atoms with Gasteiger partial charge >= 0.3 is 5.97 Å². The highest BCUT2D eigenvalue weighted by molar-refractivity contribution is 5.77. The number of allylic oxidation sites excluding steroid dienone is 1. The smallest absolute Gasteiger partial charge is 0.302 e. The first-order chi connectivity index (χ1) is 14.1. The zero-order valence-electron chi connectivity index (χ0n) is 19.0. The van der Waals surface area contributed by atoms with Crippen molar-refractivity contribution in [1.29, 1.82) is 0 Å². The molecule has 4 aliphatic rings. The van der Waals surface area contributed by atoms with Gasteiger partial charge in [-0.15, -0.1) is 0 Å². The first-order valence-corrected chi connectivity index (χ1v) is 11.6. The molecular weight excluding hydrogens is 376 g/mol. The van der Waals surface area contributed by atoms with Crippen molar-refractivity contribution in [1.82, 2.24) is 9.78 Å². The summed E-state index contributed by atoms with van der Waals surface area (Å²) in [5.74, 6) is 1.77. The summed E-state index contributed by atoms with van der Waals surface area (Å²) in [5.41, 5.74) is 5.45. The fourth-order valence-corrected chi connectivity index (χ4v) is 7.95. The number of hydrogen-bond donors (Lipinski definition) is 0. The summed E-state index contributed by atoms with van der Waals surface area (Å²) >= 11 is 0. The molecule has 0 bridgehead atoms. The van der Waals surface area contributed by atoms with Gasteiger partial charge in [0.25, 0.3) is 0 Å². The predicted molar refractivity (Wildman–Crippen MR) is 114 cm³/mol. The summed E-state index contributed by atoms with van der Waals surface area (Å²) in [4.78, 5) is 23.7. The van der Waals surface area contributed by atoms with Crippen LogP contribution in [0.25, 0.3) is 0 Å². The second-order valence-electron chi connectivity index (χ2n) is 10.7. The molecule has 30 heavy (non-hydrogen) atoms. The molecule has 162 valence electrons. The number of esters is 1. The molecule has 0 spiro atoms. The van der Waals surface area contributed by atoms with E-state index < -0.39 is 0 Å². The Bertz CT molecular complexity index is 960. The maximum absolute atomic E-state index is 12.2. The summed E-state index contributed by atoms with van der Waals surface area (Å²) in [6.45, 7) is 10.1. The number of hydrogen-bond acceptors (Lipinski definition) is 4. The fraction of sp³-hybridized carbons (Fsp3) is 0.720. The molecule has 0 unspecified atom stereocenters. The van der Waals surface area contributed by atoms with Gasteiger partial charge in [0.2, 0.25) is 5.91 Å². The van der Waals surface area contributed by atoms with Gasteiger partial charge in [0.05, 0.1) is 11.4 Å². The third kappa shape index (κ3) is 2.63. The number of fused-ring (bicyclic) bond motifs is 7. The van der Waals surface area contributed by atoms with Gasteiger partial charge in [-0.3, -0.25) is 9.59 Å². The minimum absolute atomic E-state index is 0.0275. The largest absolute Gasteiger partial charge is 0.462 e. The summed E-state index contributed by atoms with van der Waals surface area (Å²) in [6.07, 6.45) is 10.00. The van der Waals surface area contributed by atoms with Crippen LogP contribution < -0.4 is 0 Å². The zero-order chi connectivity index (χ0) is 21.4. The molecule has 0 amide bonds. The Hall–Kier alpha value is -1.91. The van der Waals surface area contributed by atoms with E-state index in [1.54, 1.807) is 11.6 Å². The maximum Gasteiger partial charge on any atom is 0.302 e. The van der Waals surface area contributed by atoms with Crippen LogP contribution in [0.3, 0.4) is 0 Å². The Morgan fingerprint density at radius 2 is 1.83 bits per heavy atom. The molecule has 2 saturated carbocycles. The van der Waals surface area contributed by atoms with Crippen LogP contribution in [0, 0.1) is 30.1 Å². The number of carbonyl (C=O) groups excluding carboxylic acids is 2. The van der Waals surface area contributed by atoms with Crippen molar-refractivity contribution in [3.8, 4) is 0 Å². The minimum Gasteiger partial charge on any atom is -0.462 e. The van der Waals surface area contributed by atoms with E-state index >= 15 is 0 Å². The van der Waals surface area contributed by atoms with Gasteiger partial charge in [-0.2, -0.15) is 5.10 Å². The molecule has 5 rings (SSSR count). The zero-order valence-corrected chi connectivity index (χ0v) is 19.0. The number of aryl methyl sites for hydroxylation is 1. The van der Waals surface area contributed by atoms with Crippen molar-refractivity contribution in [2.45, 2.75) is 91.1 Å². The van der Waals surface area contributed by atoms with E-state index in [1.807, 2.05) is 0 Å². The highest BCUT2D eigenvalue weighted by atomic mass is 16.5. The van der Waals surface area contributed by atoms with E-state index in [-0.39, 0.29) is 28.8 Å². The predicted octanol–water partition coefficient (Wildman–Crippen LogP) is 4.76. The molecule has 4 aliphatic carbocycles. The van der Waals surface area contributed by atoms with Crippen molar-refractivity contribution in [3.05, 3.63) is 28.6 Å². The van der Waals surface area contributed by atoms with Crippen LogP contribution in [0.2, 0.25) is 0 Å². The summed E-state index contributed by atoms with van der Waals surface area (Å²) in [5, 5.41) is 4.60. The van der Waals surface area contributed by atoms with E-state index in [0.29, 0.717) is 17.8 Å². The van der Waals surface area contributed by atoms with Gasteiger partial charge in [0.15, 0.2) is 0 Å². The van der Waals surface area contributed by atoms with Crippen molar-refractivity contribution in [2.75, 3.05) is 0 Å². The Morgan fingerprint density at radius 3 is 2.53 bits per heavy atom. The monoisotopic (exact) mass is 410 g/mol. The average molecular weight is 411 g/mol. The molecule has 0 aliphatic heterocycles. The third-order valence-electron chi connectivity index (χ3n) is 9.22. The molecule has 1 aromatic heterocycles. The van der Waals surface area contributed by atoms with Crippen LogP contribution >= 0.6 is 0 Å². The van der Waals surface area contributed by atoms with Crippen molar-refractivity contribution in [3.63, 3.8) is 0 Å². The second-order valence-corrected chi connectivity index (χ2v) is 10.7. The number of rotatable bonds is 1. The molecule has 6 atom stereocenters. The van der Waals surface area contributed by atoms with E-state index in [9.17, 15) is 9.59 Å². The number of aromatic nitrogens is 2. The lowest BCUT2D eigenvalue weighted by Gasteiger charge is -2.57. The summed E-state index contributed by atoms with van der Waals surface area (Å²) in [7, 11) is 0. The Balaban J connectivity index is 1.47. The van der Waals surface area contributed by atoms with Crippen molar-refractivity contribution in [2.24, 2.45) is 23.2 Å². The Morgan fingerprint density at radius 1 is 1.10 bits per heavy atom. The van der Waals surface area contributed by atoms with Gasteiger partial charge in [-0.25, -0.2) is 4.68 Å². The molecule has 0 radical (unpaired) electrons. The standard InChI is InChI=1S/C25H34N2O3/c1-14-23-22(27(26-14)15(2)28)13-21-19-7-6-17-12-18(30-16(3)29)8-10-24(17,4)20(19)9-11-25(21,23)5/h6,18-21H,7-13H2,1-5H3/t18-,19+,20+,21+,24+,25+/m1/s1. The molecule has 2 fully saturated rings. The van der Waals surface area contributed by atoms with Gasteiger partial charge in [-0.05, 0) is 74.0 Å². The number of ether oxygens (including phenoxy) is 1. The summed E-state index contributed by atoms with van der Waals surface area (Å²) in [6, 6.07) is 0. The Kier molecular flexibility index (Phi) is 4.37. The molecule has 5 heteroatoms. The molecule has 0 saturated heterocycles.